The molecular weight excluding hydrogens is 262 g/mol. The first-order chi connectivity index (χ1) is 9.40. The van der Waals surface area contributed by atoms with E-state index in [9.17, 15) is 19.7 Å². The van der Waals surface area contributed by atoms with Gasteiger partial charge in [-0.05, 0) is 19.1 Å². The minimum absolute atomic E-state index is 0.167. The number of rotatable bonds is 5. The molecule has 1 aromatic rings. The molecule has 106 valence electrons. The van der Waals surface area contributed by atoms with Crippen LogP contribution in [0.15, 0.2) is 30.9 Å². The molecular formula is C13H15N3O4. The number of nitrogens with one attached hydrogen (secondary N) is 1. The molecule has 1 aromatic carbocycles. The van der Waals surface area contributed by atoms with E-state index in [4.69, 9.17) is 0 Å². The Labute approximate surface area is 116 Å². The average molecular weight is 277 g/mol. The molecule has 0 aliphatic heterocycles. The van der Waals surface area contributed by atoms with E-state index in [-0.39, 0.29) is 23.2 Å². The van der Waals surface area contributed by atoms with E-state index in [1.165, 1.54) is 30.0 Å². The largest absolute Gasteiger partial charge is 0.324 e. The molecule has 0 aromatic heterocycles. The Bertz CT molecular complexity index is 569. The summed E-state index contributed by atoms with van der Waals surface area (Å²) in [6.45, 7) is 6.78. The van der Waals surface area contributed by atoms with Gasteiger partial charge in [0.25, 0.3) is 5.69 Å². The lowest BCUT2D eigenvalue weighted by molar-refractivity contribution is -0.384. The van der Waals surface area contributed by atoms with Crippen LogP contribution in [-0.4, -0.2) is 23.3 Å². The van der Waals surface area contributed by atoms with Gasteiger partial charge in [-0.1, -0.05) is 6.58 Å². The van der Waals surface area contributed by atoms with Gasteiger partial charge in [0.2, 0.25) is 11.8 Å². The van der Waals surface area contributed by atoms with Gasteiger partial charge in [-0.2, -0.15) is 0 Å². The minimum Gasteiger partial charge on any atom is -0.324 e. The van der Waals surface area contributed by atoms with Gasteiger partial charge < -0.3 is 10.2 Å². The lowest BCUT2D eigenvalue weighted by Crippen LogP contribution is -2.29. The summed E-state index contributed by atoms with van der Waals surface area (Å²) in [6.07, 6.45) is 1.14. The number of anilines is 2. The molecule has 0 saturated carbocycles. The van der Waals surface area contributed by atoms with Gasteiger partial charge in [0.05, 0.1) is 16.3 Å². The molecule has 0 unspecified atom stereocenters. The second-order valence-electron chi connectivity index (χ2n) is 3.93. The average Bonchev–Trinajstić information content (AvgIpc) is 2.39. The zero-order chi connectivity index (χ0) is 15.3. The number of benzene rings is 1. The Morgan fingerprint density at radius 3 is 2.60 bits per heavy atom. The summed E-state index contributed by atoms with van der Waals surface area (Å²) in [5, 5.41) is 13.3. The Morgan fingerprint density at radius 1 is 1.50 bits per heavy atom. The van der Waals surface area contributed by atoms with E-state index in [0.717, 1.165) is 6.08 Å². The Morgan fingerprint density at radius 2 is 2.15 bits per heavy atom. The van der Waals surface area contributed by atoms with Gasteiger partial charge in [-0.3, -0.25) is 19.7 Å². The van der Waals surface area contributed by atoms with Crippen molar-refractivity contribution in [3.05, 3.63) is 41.0 Å². The Balaban J connectivity index is 3.36. The Hall–Kier alpha value is -2.70. The molecule has 7 nitrogen and oxygen atoms in total. The summed E-state index contributed by atoms with van der Waals surface area (Å²) >= 11 is 0. The molecule has 2 amide bonds. The van der Waals surface area contributed by atoms with Crippen LogP contribution in [0.1, 0.15) is 13.8 Å². The summed E-state index contributed by atoms with van der Waals surface area (Å²) in [6, 6.07) is 3.92. The Kier molecular flexibility index (Phi) is 4.96. The van der Waals surface area contributed by atoms with Crippen LogP contribution in [-0.2, 0) is 9.59 Å². The van der Waals surface area contributed by atoms with Crippen LogP contribution in [0.2, 0.25) is 0 Å². The van der Waals surface area contributed by atoms with Crippen molar-refractivity contribution in [3.8, 4) is 0 Å². The fourth-order valence-corrected chi connectivity index (χ4v) is 1.72. The van der Waals surface area contributed by atoms with Gasteiger partial charge in [0, 0.05) is 25.6 Å². The zero-order valence-corrected chi connectivity index (χ0v) is 11.3. The van der Waals surface area contributed by atoms with Crippen molar-refractivity contribution >= 4 is 28.9 Å². The molecule has 0 heterocycles. The van der Waals surface area contributed by atoms with Gasteiger partial charge in [0.15, 0.2) is 0 Å². The molecule has 1 N–H and O–H groups in total. The van der Waals surface area contributed by atoms with E-state index in [1.807, 2.05) is 0 Å². The minimum atomic E-state index is -0.569. The molecule has 20 heavy (non-hydrogen) atoms. The highest BCUT2D eigenvalue weighted by molar-refractivity contribution is 6.05. The second-order valence-corrected chi connectivity index (χ2v) is 3.93. The maximum absolute atomic E-state index is 11.8. The molecule has 0 radical (unpaired) electrons. The lowest BCUT2D eigenvalue weighted by atomic mass is 10.2. The lowest BCUT2D eigenvalue weighted by Gasteiger charge is -2.22. The number of nitro groups is 1. The van der Waals surface area contributed by atoms with Crippen LogP contribution in [0.5, 0.6) is 0 Å². The number of carbonyl (C=O) groups excluding carboxylic acids is 2. The first kappa shape index (κ1) is 15.4. The molecule has 1 rings (SSSR count). The van der Waals surface area contributed by atoms with Crippen LogP contribution < -0.4 is 10.2 Å². The van der Waals surface area contributed by atoms with Crippen molar-refractivity contribution < 1.29 is 14.5 Å². The summed E-state index contributed by atoms with van der Waals surface area (Å²) < 4.78 is 0. The maximum atomic E-state index is 11.8. The summed E-state index contributed by atoms with van der Waals surface area (Å²) in [5.74, 6) is -0.734. The monoisotopic (exact) mass is 277 g/mol. The van der Waals surface area contributed by atoms with Crippen LogP contribution in [0, 0.1) is 10.1 Å². The maximum Gasteiger partial charge on any atom is 0.271 e. The standard InChI is InChI=1S/C13H15N3O4/c1-4-13(18)15(5-2)12-7-6-10(16(19)20)8-11(12)14-9(3)17/h4,6-8H,1,5H2,2-3H3,(H,14,17). The summed E-state index contributed by atoms with van der Waals surface area (Å²) in [4.78, 5) is 34.5. The molecule has 0 spiro atoms. The number of hydrogen-bond donors (Lipinski definition) is 1. The molecule has 0 saturated heterocycles. The number of amides is 2. The van der Waals surface area contributed by atoms with Crippen LogP contribution in [0.4, 0.5) is 17.1 Å². The van der Waals surface area contributed by atoms with Crippen molar-refractivity contribution in [2.24, 2.45) is 0 Å². The van der Waals surface area contributed by atoms with Gasteiger partial charge in [-0.15, -0.1) is 0 Å². The third-order valence-electron chi connectivity index (χ3n) is 2.55. The van der Waals surface area contributed by atoms with Gasteiger partial charge in [0.1, 0.15) is 0 Å². The highest BCUT2D eigenvalue weighted by Crippen LogP contribution is 2.30. The number of likely N-dealkylation sites (N-methyl/N-ethyl adjacent to an activating group) is 1. The van der Waals surface area contributed by atoms with E-state index in [0.29, 0.717) is 12.2 Å². The number of non-ortho nitro benzene ring substituents is 1. The zero-order valence-electron chi connectivity index (χ0n) is 11.3. The topological polar surface area (TPSA) is 92.6 Å². The predicted molar refractivity (Wildman–Crippen MR) is 75.6 cm³/mol. The van der Waals surface area contributed by atoms with Gasteiger partial charge >= 0.3 is 0 Å². The van der Waals surface area contributed by atoms with Crippen LogP contribution >= 0.6 is 0 Å². The molecule has 0 aliphatic carbocycles. The predicted octanol–water partition coefficient (Wildman–Crippen LogP) is 2.09. The van der Waals surface area contributed by atoms with Crippen molar-refractivity contribution in [1.29, 1.82) is 0 Å². The van der Waals surface area contributed by atoms with Gasteiger partial charge in [-0.25, -0.2) is 0 Å². The van der Waals surface area contributed by atoms with E-state index in [1.54, 1.807) is 6.92 Å². The van der Waals surface area contributed by atoms with Crippen molar-refractivity contribution in [3.63, 3.8) is 0 Å². The third kappa shape index (κ3) is 3.41. The van der Waals surface area contributed by atoms with Crippen LogP contribution in [0.25, 0.3) is 0 Å². The third-order valence-corrected chi connectivity index (χ3v) is 2.55. The fraction of sp³-hybridized carbons (Fsp3) is 0.231. The summed E-state index contributed by atoms with van der Waals surface area (Å²) in [7, 11) is 0. The van der Waals surface area contributed by atoms with Crippen molar-refractivity contribution in [2.45, 2.75) is 13.8 Å². The highest BCUT2D eigenvalue weighted by atomic mass is 16.6. The van der Waals surface area contributed by atoms with E-state index >= 15 is 0 Å². The first-order valence-electron chi connectivity index (χ1n) is 5.90. The second kappa shape index (κ2) is 6.46. The van der Waals surface area contributed by atoms with Crippen molar-refractivity contribution in [1.82, 2.24) is 0 Å². The normalized spacial score (nSPS) is 9.70. The number of nitro benzene ring substituents is 1. The fourth-order valence-electron chi connectivity index (χ4n) is 1.72. The van der Waals surface area contributed by atoms with E-state index < -0.39 is 4.92 Å². The molecule has 0 atom stereocenters. The molecule has 7 heteroatoms. The number of hydrogen-bond acceptors (Lipinski definition) is 4. The first-order valence-corrected chi connectivity index (χ1v) is 5.90. The van der Waals surface area contributed by atoms with Crippen LogP contribution in [0.3, 0.4) is 0 Å². The molecule has 0 aliphatic rings. The quantitative estimate of drug-likeness (QED) is 0.506. The number of nitrogens with zero attached hydrogens (tertiary/aromatic N) is 2. The van der Waals surface area contributed by atoms with E-state index in [2.05, 4.69) is 11.9 Å². The number of carbonyl (C=O) groups is 2. The SMILES string of the molecule is C=CC(=O)N(CC)c1ccc([N+](=O)[O-])cc1NC(C)=O. The smallest absolute Gasteiger partial charge is 0.271 e. The molecule has 0 fully saturated rings. The van der Waals surface area contributed by atoms with Crippen molar-refractivity contribution in [2.75, 3.05) is 16.8 Å². The highest BCUT2D eigenvalue weighted by Gasteiger charge is 2.18. The molecule has 0 bridgehead atoms. The summed E-state index contributed by atoms with van der Waals surface area (Å²) in [5.41, 5.74) is 0.432.